The van der Waals surface area contributed by atoms with Crippen LogP contribution in [0.4, 0.5) is 0 Å². The van der Waals surface area contributed by atoms with Gasteiger partial charge in [0.2, 0.25) is 0 Å². The Morgan fingerprint density at radius 1 is 1.50 bits per heavy atom. The average Bonchev–Trinajstić information content (AvgIpc) is 1.93. The van der Waals surface area contributed by atoms with E-state index >= 15 is 0 Å². The summed E-state index contributed by atoms with van der Waals surface area (Å²) >= 11 is 0. The summed E-state index contributed by atoms with van der Waals surface area (Å²) in [6, 6.07) is 0. The van der Waals surface area contributed by atoms with Crippen LogP contribution < -0.4 is 0 Å². The lowest BCUT2D eigenvalue weighted by Crippen LogP contribution is -2.42. The summed E-state index contributed by atoms with van der Waals surface area (Å²) in [6.45, 7) is 0.929. The molecule has 0 bridgehead atoms. The SMILES string of the molecule is N=S1(=O)CCN(CC(=O)O)CC1. The molecule has 70 valence electrons. The van der Waals surface area contributed by atoms with Gasteiger partial charge in [-0.3, -0.25) is 14.5 Å². The Morgan fingerprint density at radius 2 is 2.00 bits per heavy atom. The van der Waals surface area contributed by atoms with Crippen molar-refractivity contribution in [3.05, 3.63) is 0 Å². The predicted octanol–water partition coefficient (Wildman–Crippen LogP) is -0.567. The highest BCUT2D eigenvalue weighted by Crippen LogP contribution is 2.03. The van der Waals surface area contributed by atoms with Crippen molar-refractivity contribution in [1.29, 1.82) is 4.78 Å². The predicted molar refractivity (Wildman–Crippen MR) is 44.7 cm³/mol. The van der Waals surface area contributed by atoms with Crippen molar-refractivity contribution in [2.75, 3.05) is 31.1 Å². The van der Waals surface area contributed by atoms with E-state index in [2.05, 4.69) is 0 Å². The van der Waals surface area contributed by atoms with Crippen molar-refractivity contribution < 1.29 is 14.1 Å². The average molecular weight is 192 g/mol. The van der Waals surface area contributed by atoms with Crippen molar-refractivity contribution >= 4 is 15.7 Å². The highest BCUT2D eigenvalue weighted by atomic mass is 32.2. The topological polar surface area (TPSA) is 81.5 Å². The van der Waals surface area contributed by atoms with Crippen LogP contribution in [0.5, 0.6) is 0 Å². The van der Waals surface area contributed by atoms with Gasteiger partial charge in [-0.05, 0) is 0 Å². The second-order valence-electron chi connectivity index (χ2n) is 2.89. The maximum atomic E-state index is 11.1. The summed E-state index contributed by atoms with van der Waals surface area (Å²) in [7, 11) is -2.39. The molecule has 12 heavy (non-hydrogen) atoms. The smallest absolute Gasteiger partial charge is 0.317 e. The number of hydrogen-bond acceptors (Lipinski definition) is 4. The molecule has 1 heterocycles. The quantitative estimate of drug-likeness (QED) is 0.614. The molecule has 1 aliphatic rings. The van der Waals surface area contributed by atoms with Crippen molar-refractivity contribution in [2.45, 2.75) is 0 Å². The molecule has 0 aromatic heterocycles. The lowest BCUT2D eigenvalue weighted by Gasteiger charge is -2.25. The van der Waals surface area contributed by atoms with Crippen molar-refractivity contribution in [1.82, 2.24) is 4.90 Å². The molecule has 0 aliphatic carbocycles. The van der Waals surface area contributed by atoms with Crippen LogP contribution >= 0.6 is 0 Å². The zero-order chi connectivity index (χ0) is 9.19. The normalized spacial score (nSPS) is 23.7. The van der Waals surface area contributed by atoms with E-state index in [1.54, 1.807) is 4.90 Å². The van der Waals surface area contributed by atoms with E-state index in [-0.39, 0.29) is 6.54 Å². The summed E-state index contributed by atoms with van der Waals surface area (Å²) in [4.78, 5) is 12.0. The van der Waals surface area contributed by atoms with Gasteiger partial charge in [0, 0.05) is 34.3 Å². The van der Waals surface area contributed by atoms with Crippen LogP contribution in [0.1, 0.15) is 0 Å². The molecule has 1 rings (SSSR count). The monoisotopic (exact) mass is 192 g/mol. The molecule has 0 atom stereocenters. The number of carboxylic acid groups (broad SMARTS) is 1. The fourth-order valence-electron chi connectivity index (χ4n) is 1.12. The maximum absolute atomic E-state index is 11.1. The van der Waals surface area contributed by atoms with Crippen molar-refractivity contribution in [3.63, 3.8) is 0 Å². The molecule has 0 saturated carbocycles. The molecule has 6 heteroatoms. The molecule has 0 amide bonds. The van der Waals surface area contributed by atoms with E-state index in [9.17, 15) is 9.00 Å². The summed E-state index contributed by atoms with van der Waals surface area (Å²) in [5.74, 6) is -0.256. The van der Waals surface area contributed by atoms with Crippen LogP contribution in [-0.2, 0) is 14.5 Å². The molecule has 0 spiro atoms. The number of nitrogens with one attached hydrogen (secondary N) is 1. The highest BCUT2D eigenvalue weighted by Gasteiger charge is 2.19. The largest absolute Gasteiger partial charge is 0.480 e. The Morgan fingerprint density at radius 3 is 2.42 bits per heavy atom. The summed E-state index contributed by atoms with van der Waals surface area (Å²) in [5, 5.41) is 8.44. The van der Waals surface area contributed by atoms with E-state index in [4.69, 9.17) is 9.89 Å². The second-order valence-corrected chi connectivity index (χ2v) is 5.33. The highest BCUT2D eigenvalue weighted by molar-refractivity contribution is 7.92. The molecule has 0 aromatic carbocycles. The lowest BCUT2D eigenvalue weighted by atomic mass is 10.5. The molecule has 2 N–H and O–H groups in total. The van der Waals surface area contributed by atoms with Gasteiger partial charge in [-0.15, -0.1) is 0 Å². The van der Waals surface area contributed by atoms with Gasteiger partial charge in [-0.25, -0.2) is 4.21 Å². The number of aliphatic carboxylic acids is 1. The number of carbonyl (C=O) groups is 1. The zero-order valence-electron chi connectivity index (χ0n) is 6.65. The minimum absolute atomic E-state index is 0.00444. The third-order valence-electron chi connectivity index (χ3n) is 1.83. The van der Waals surface area contributed by atoms with Gasteiger partial charge < -0.3 is 5.11 Å². The van der Waals surface area contributed by atoms with Crippen LogP contribution in [0.25, 0.3) is 0 Å². The standard InChI is InChI=1S/C6H12N2O3S/c7-12(11)3-1-8(2-4-12)5-6(9)10/h7H,1-5H2,(H,9,10). The first-order valence-electron chi connectivity index (χ1n) is 3.68. The first kappa shape index (κ1) is 9.47. The summed E-state index contributed by atoms with van der Waals surface area (Å²) in [6.07, 6.45) is 0. The first-order valence-corrected chi connectivity index (χ1v) is 5.57. The van der Waals surface area contributed by atoms with E-state index < -0.39 is 15.7 Å². The number of hydrogen-bond donors (Lipinski definition) is 2. The van der Waals surface area contributed by atoms with Crippen LogP contribution in [0.2, 0.25) is 0 Å². The number of rotatable bonds is 2. The van der Waals surface area contributed by atoms with Crippen LogP contribution in [0.15, 0.2) is 0 Å². The molecule has 1 saturated heterocycles. The van der Waals surface area contributed by atoms with Gasteiger partial charge in [0.25, 0.3) is 0 Å². The van der Waals surface area contributed by atoms with Crippen LogP contribution in [-0.4, -0.2) is 51.3 Å². The molecular formula is C6H12N2O3S. The number of nitrogens with zero attached hydrogens (tertiary/aromatic N) is 1. The minimum atomic E-state index is -2.39. The molecule has 0 unspecified atom stereocenters. The fraction of sp³-hybridized carbons (Fsp3) is 0.833. The maximum Gasteiger partial charge on any atom is 0.317 e. The zero-order valence-corrected chi connectivity index (χ0v) is 7.47. The Kier molecular flexibility index (Phi) is 2.69. The lowest BCUT2D eigenvalue weighted by molar-refractivity contribution is -0.138. The van der Waals surface area contributed by atoms with Gasteiger partial charge in [-0.2, -0.15) is 0 Å². The van der Waals surface area contributed by atoms with Gasteiger partial charge >= 0.3 is 5.97 Å². The van der Waals surface area contributed by atoms with E-state index in [0.717, 1.165) is 0 Å². The molecule has 0 aromatic rings. The van der Waals surface area contributed by atoms with Gasteiger partial charge in [0.05, 0.1) is 6.54 Å². The second kappa shape index (κ2) is 3.40. The molecular weight excluding hydrogens is 180 g/mol. The van der Waals surface area contributed by atoms with Crippen molar-refractivity contribution in [3.8, 4) is 0 Å². The number of carboxylic acids is 1. The van der Waals surface area contributed by atoms with Crippen molar-refractivity contribution in [2.24, 2.45) is 0 Å². The molecule has 1 fully saturated rings. The summed E-state index contributed by atoms with van der Waals surface area (Å²) in [5.41, 5.74) is 0. The van der Waals surface area contributed by atoms with Gasteiger partial charge in [0.1, 0.15) is 0 Å². The Balaban J connectivity index is 2.41. The van der Waals surface area contributed by atoms with Gasteiger partial charge in [-0.1, -0.05) is 0 Å². The Labute approximate surface area is 71.3 Å². The first-order chi connectivity index (χ1) is 5.49. The summed E-state index contributed by atoms with van der Waals surface area (Å²) < 4.78 is 18.4. The van der Waals surface area contributed by atoms with E-state index in [1.165, 1.54) is 0 Å². The molecule has 5 nitrogen and oxygen atoms in total. The fourth-order valence-corrected chi connectivity index (χ4v) is 2.43. The third kappa shape index (κ3) is 2.78. The molecule has 0 radical (unpaired) electrons. The molecule has 1 aliphatic heterocycles. The Hall–Kier alpha value is -0.620. The minimum Gasteiger partial charge on any atom is -0.480 e. The van der Waals surface area contributed by atoms with Crippen LogP contribution in [0.3, 0.4) is 0 Å². The van der Waals surface area contributed by atoms with E-state index in [0.29, 0.717) is 24.6 Å². The van der Waals surface area contributed by atoms with Gasteiger partial charge in [0.15, 0.2) is 0 Å². The van der Waals surface area contributed by atoms with Crippen LogP contribution in [0, 0.1) is 4.78 Å². The third-order valence-corrected chi connectivity index (χ3v) is 3.52. The van der Waals surface area contributed by atoms with E-state index in [1.807, 2.05) is 0 Å². The Bertz CT molecular complexity index is 259.